The Balaban J connectivity index is 2.68. The predicted octanol–water partition coefficient (Wildman–Crippen LogP) is 3.48. The first-order chi connectivity index (χ1) is 7.61. The molecular weight excluding hydrogens is 220 g/mol. The van der Waals surface area contributed by atoms with E-state index >= 15 is 0 Å². The molecule has 0 aromatic heterocycles. The lowest BCUT2D eigenvalue weighted by atomic mass is 9.99. The first kappa shape index (κ1) is 10.8. The molecule has 0 amide bonds. The van der Waals surface area contributed by atoms with Crippen molar-refractivity contribution >= 4 is 23.0 Å². The third kappa shape index (κ3) is 1.72. The van der Waals surface area contributed by atoms with Crippen LogP contribution in [0.1, 0.15) is 5.56 Å². The average molecular weight is 233 g/mol. The molecule has 0 aliphatic carbocycles. The molecular formula is C13H13ClN2. The summed E-state index contributed by atoms with van der Waals surface area (Å²) < 4.78 is 0. The van der Waals surface area contributed by atoms with Gasteiger partial charge in [0.2, 0.25) is 0 Å². The largest absolute Gasteiger partial charge is 0.398 e. The van der Waals surface area contributed by atoms with Crippen molar-refractivity contribution in [3.05, 3.63) is 47.0 Å². The van der Waals surface area contributed by atoms with Crippen LogP contribution in [0, 0.1) is 6.92 Å². The van der Waals surface area contributed by atoms with Crippen LogP contribution in [0.4, 0.5) is 11.4 Å². The molecule has 4 N–H and O–H groups in total. The lowest BCUT2D eigenvalue weighted by Gasteiger charge is -2.11. The van der Waals surface area contributed by atoms with Crippen LogP contribution in [0.15, 0.2) is 36.4 Å². The van der Waals surface area contributed by atoms with E-state index in [4.69, 9.17) is 23.1 Å². The fraction of sp³-hybridized carbons (Fsp3) is 0.0769. The molecule has 2 rings (SSSR count). The Morgan fingerprint density at radius 3 is 2.12 bits per heavy atom. The summed E-state index contributed by atoms with van der Waals surface area (Å²) >= 11 is 6.19. The second-order valence-electron chi connectivity index (χ2n) is 3.73. The fourth-order valence-electron chi connectivity index (χ4n) is 1.70. The van der Waals surface area contributed by atoms with Crippen LogP contribution < -0.4 is 11.5 Å². The van der Waals surface area contributed by atoms with E-state index in [0.29, 0.717) is 10.7 Å². The van der Waals surface area contributed by atoms with Gasteiger partial charge >= 0.3 is 0 Å². The highest BCUT2D eigenvalue weighted by atomic mass is 35.5. The number of rotatable bonds is 1. The minimum atomic E-state index is 0.580. The van der Waals surface area contributed by atoms with Crippen molar-refractivity contribution in [1.82, 2.24) is 0 Å². The third-order valence-corrected chi connectivity index (χ3v) is 3.12. The normalized spacial score (nSPS) is 10.4. The molecule has 82 valence electrons. The number of nitrogen functional groups attached to an aromatic ring is 2. The van der Waals surface area contributed by atoms with Crippen molar-refractivity contribution in [2.24, 2.45) is 0 Å². The quantitative estimate of drug-likeness (QED) is 0.740. The lowest BCUT2D eigenvalue weighted by molar-refractivity contribution is 1.46. The van der Waals surface area contributed by atoms with E-state index in [1.165, 1.54) is 0 Å². The SMILES string of the molecule is Cc1c(N)cccc1-c1cccc(N)c1Cl. The Bertz CT molecular complexity index is 486. The van der Waals surface area contributed by atoms with Gasteiger partial charge in [0.1, 0.15) is 0 Å². The predicted molar refractivity (Wildman–Crippen MR) is 70.4 cm³/mol. The summed E-state index contributed by atoms with van der Waals surface area (Å²) in [5.74, 6) is 0. The summed E-state index contributed by atoms with van der Waals surface area (Å²) in [7, 11) is 0. The van der Waals surface area contributed by atoms with Gasteiger partial charge in [0.05, 0.1) is 10.7 Å². The Morgan fingerprint density at radius 2 is 1.44 bits per heavy atom. The Labute approximate surface area is 99.8 Å². The average Bonchev–Trinajstić information content (AvgIpc) is 2.27. The third-order valence-electron chi connectivity index (χ3n) is 2.69. The topological polar surface area (TPSA) is 52.0 Å². The molecule has 0 unspecified atom stereocenters. The lowest BCUT2D eigenvalue weighted by Crippen LogP contribution is -1.94. The van der Waals surface area contributed by atoms with Gasteiger partial charge in [0, 0.05) is 11.3 Å². The van der Waals surface area contributed by atoms with Gasteiger partial charge in [-0.2, -0.15) is 0 Å². The van der Waals surface area contributed by atoms with Crippen molar-refractivity contribution in [2.75, 3.05) is 11.5 Å². The van der Waals surface area contributed by atoms with Gasteiger partial charge in [-0.1, -0.05) is 35.9 Å². The summed E-state index contributed by atoms with van der Waals surface area (Å²) in [4.78, 5) is 0. The van der Waals surface area contributed by atoms with Crippen molar-refractivity contribution in [1.29, 1.82) is 0 Å². The molecule has 0 fully saturated rings. The van der Waals surface area contributed by atoms with Crippen LogP contribution in [-0.4, -0.2) is 0 Å². The van der Waals surface area contributed by atoms with Crippen molar-refractivity contribution in [3.63, 3.8) is 0 Å². The smallest absolute Gasteiger partial charge is 0.0713 e. The summed E-state index contributed by atoms with van der Waals surface area (Å²) in [6.45, 7) is 1.98. The van der Waals surface area contributed by atoms with Crippen molar-refractivity contribution in [2.45, 2.75) is 6.92 Å². The van der Waals surface area contributed by atoms with Crippen LogP contribution in [0.5, 0.6) is 0 Å². The van der Waals surface area contributed by atoms with Gasteiger partial charge in [0.25, 0.3) is 0 Å². The summed E-state index contributed by atoms with van der Waals surface area (Å²) in [5.41, 5.74) is 16.0. The second kappa shape index (κ2) is 4.06. The molecule has 0 radical (unpaired) electrons. The maximum atomic E-state index is 6.19. The number of anilines is 2. The van der Waals surface area contributed by atoms with Crippen molar-refractivity contribution in [3.8, 4) is 11.1 Å². The van der Waals surface area contributed by atoms with E-state index in [-0.39, 0.29) is 0 Å². The zero-order chi connectivity index (χ0) is 11.7. The van der Waals surface area contributed by atoms with Gasteiger partial charge in [-0.15, -0.1) is 0 Å². The number of halogens is 1. The van der Waals surface area contributed by atoms with E-state index in [0.717, 1.165) is 22.4 Å². The highest BCUT2D eigenvalue weighted by molar-refractivity contribution is 6.35. The molecule has 0 saturated carbocycles. The maximum Gasteiger partial charge on any atom is 0.0713 e. The summed E-state index contributed by atoms with van der Waals surface area (Å²) in [6, 6.07) is 11.4. The molecule has 16 heavy (non-hydrogen) atoms. The van der Waals surface area contributed by atoms with Crippen LogP contribution >= 0.6 is 11.6 Å². The zero-order valence-corrected chi connectivity index (χ0v) is 9.75. The van der Waals surface area contributed by atoms with Gasteiger partial charge in [-0.25, -0.2) is 0 Å². The number of nitrogens with two attached hydrogens (primary N) is 2. The molecule has 0 aliphatic heterocycles. The number of benzene rings is 2. The van der Waals surface area contributed by atoms with Gasteiger partial charge in [-0.05, 0) is 30.2 Å². The fourth-order valence-corrected chi connectivity index (χ4v) is 1.93. The zero-order valence-electron chi connectivity index (χ0n) is 9.00. The molecule has 0 aliphatic rings. The number of hydrogen-bond donors (Lipinski definition) is 2. The molecule has 2 aromatic carbocycles. The van der Waals surface area contributed by atoms with Crippen LogP contribution in [0.25, 0.3) is 11.1 Å². The summed E-state index contributed by atoms with van der Waals surface area (Å²) in [6.07, 6.45) is 0. The van der Waals surface area contributed by atoms with Gasteiger partial charge in [-0.3, -0.25) is 0 Å². The Kier molecular flexibility index (Phi) is 2.75. The first-order valence-electron chi connectivity index (χ1n) is 5.00. The minimum absolute atomic E-state index is 0.580. The van der Waals surface area contributed by atoms with Crippen LogP contribution in [0.3, 0.4) is 0 Å². The summed E-state index contributed by atoms with van der Waals surface area (Å²) in [5, 5.41) is 0.580. The monoisotopic (exact) mass is 232 g/mol. The Morgan fingerprint density at radius 1 is 0.875 bits per heavy atom. The second-order valence-corrected chi connectivity index (χ2v) is 4.11. The first-order valence-corrected chi connectivity index (χ1v) is 5.38. The molecule has 0 heterocycles. The van der Waals surface area contributed by atoms with E-state index in [1.807, 2.05) is 37.3 Å². The highest BCUT2D eigenvalue weighted by Gasteiger charge is 2.09. The van der Waals surface area contributed by atoms with Gasteiger partial charge in [0.15, 0.2) is 0 Å². The molecule has 0 spiro atoms. The van der Waals surface area contributed by atoms with Crippen molar-refractivity contribution < 1.29 is 0 Å². The molecule has 2 nitrogen and oxygen atoms in total. The standard InChI is InChI=1S/C13H13ClN2/c1-8-9(4-2-6-11(8)15)10-5-3-7-12(16)13(10)14/h2-7H,15-16H2,1H3. The van der Waals surface area contributed by atoms with Gasteiger partial charge < -0.3 is 11.5 Å². The van der Waals surface area contributed by atoms with E-state index in [9.17, 15) is 0 Å². The molecule has 2 aromatic rings. The molecule has 0 bridgehead atoms. The minimum Gasteiger partial charge on any atom is -0.398 e. The van der Waals surface area contributed by atoms with E-state index < -0.39 is 0 Å². The molecule has 0 saturated heterocycles. The van der Waals surface area contributed by atoms with Crippen LogP contribution in [-0.2, 0) is 0 Å². The number of hydrogen-bond acceptors (Lipinski definition) is 2. The highest BCUT2D eigenvalue weighted by Crippen LogP contribution is 2.35. The maximum absolute atomic E-state index is 6.19. The Hall–Kier alpha value is -1.67. The molecule has 0 atom stereocenters. The van der Waals surface area contributed by atoms with E-state index in [2.05, 4.69) is 0 Å². The van der Waals surface area contributed by atoms with Crippen LogP contribution in [0.2, 0.25) is 5.02 Å². The molecule has 3 heteroatoms. The van der Waals surface area contributed by atoms with E-state index in [1.54, 1.807) is 6.07 Å².